The first-order valence-electron chi connectivity index (χ1n) is 6.69. The van der Waals surface area contributed by atoms with Gasteiger partial charge in [0.15, 0.2) is 17.7 Å². The van der Waals surface area contributed by atoms with E-state index in [0.29, 0.717) is 37.1 Å². The molecule has 0 amide bonds. The lowest BCUT2D eigenvalue weighted by Gasteiger charge is -2.31. The summed E-state index contributed by atoms with van der Waals surface area (Å²) in [6.07, 6.45) is 2.07. The normalized spacial score (nSPS) is 18.4. The summed E-state index contributed by atoms with van der Waals surface area (Å²) in [5.41, 5.74) is 0. The lowest BCUT2D eigenvalue weighted by atomic mass is 10.3. The zero-order chi connectivity index (χ0) is 14.4. The molecule has 1 aromatic rings. The van der Waals surface area contributed by atoms with E-state index in [1.807, 2.05) is 4.90 Å². The van der Waals surface area contributed by atoms with Gasteiger partial charge in [0.25, 0.3) is 0 Å². The maximum atomic E-state index is 8.97. The van der Waals surface area contributed by atoms with Gasteiger partial charge >= 0.3 is 0 Å². The first kappa shape index (κ1) is 14.3. The van der Waals surface area contributed by atoms with Crippen molar-refractivity contribution in [3.05, 3.63) is 6.33 Å². The Morgan fingerprint density at radius 2 is 2.45 bits per heavy atom. The SMILES string of the molecule is CCCNc1ncnc(N2CCOC(C#N)C2)c1OC. The third-order valence-corrected chi connectivity index (χ3v) is 3.04. The van der Waals surface area contributed by atoms with Gasteiger partial charge in [-0.1, -0.05) is 6.92 Å². The van der Waals surface area contributed by atoms with Gasteiger partial charge in [0.05, 0.1) is 26.3 Å². The van der Waals surface area contributed by atoms with Gasteiger partial charge < -0.3 is 19.7 Å². The number of anilines is 2. The molecule has 1 aliphatic rings. The Bertz CT molecular complexity index is 488. The average molecular weight is 277 g/mol. The molecule has 0 radical (unpaired) electrons. The van der Waals surface area contributed by atoms with Crippen molar-refractivity contribution in [1.82, 2.24) is 9.97 Å². The van der Waals surface area contributed by atoms with Crippen LogP contribution in [-0.2, 0) is 4.74 Å². The molecule has 0 aromatic carbocycles. The van der Waals surface area contributed by atoms with Crippen LogP contribution >= 0.6 is 0 Å². The predicted molar refractivity (Wildman–Crippen MR) is 74.9 cm³/mol. The van der Waals surface area contributed by atoms with Crippen molar-refractivity contribution in [2.45, 2.75) is 19.4 Å². The maximum absolute atomic E-state index is 8.97. The summed E-state index contributed by atoms with van der Waals surface area (Å²) in [5.74, 6) is 1.99. The molecule has 2 heterocycles. The Balaban J connectivity index is 2.24. The molecule has 0 aliphatic carbocycles. The van der Waals surface area contributed by atoms with Gasteiger partial charge in [-0.15, -0.1) is 0 Å². The van der Waals surface area contributed by atoms with Gasteiger partial charge in [-0.2, -0.15) is 5.26 Å². The summed E-state index contributed by atoms with van der Waals surface area (Å²) in [7, 11) is 1.60. The van der Waals surface area contributed by atoms with Gasteiger partial charge in [0.2, 0.25) is 5.75 Å². The molecule has 1 fully saturated rings. The molecule has 1 saturated heterocycles. The lowest BCUT2D eigenvalue weighted by Crippen LogP contribution is -2.42. The Morgan fingerprint density at radius 1 is 1.60 bits per heavy atom. The van der Waals surface area contributed by atoms with Crippen molar-refractivity contribution in [3.63, 3.8) is 0 Å². The fourth-order valence-corrected chi connectivity index (χ4v) is 2.07. The van der Waals surface area contributed by atoms with Crippen LogP contribution in [-0.4, -0.2) is 49.4 Å². The zero-order valence-electron chi connectivity index (χ0n) is 11.8. The highest BCUT2D eigenvalue weighted by Crippen LogP contribution is 2.32. The molecular weight excluding hydrogens is 258 g/mol. The molecule has 20 heavy (non-hydrogen) atoms. The van der Waals surface area contributed by atoms with E-state index < -0.39 is 6.10 Å². The highest BCUT2D eigenvalue weighted by molar-refractivity contribution is 5.65. The van der Waals surface area contributed by atoms with Crippen LogP contribution in [0.15, 0.2) is 6.33 Å². The second-order valence-electron chi connectivity index (χ2n) is 4.44. The van der Waals surface area contributed by atoms with Gasteiger partial charge in [-0.3, -0.25) is 0 Å². The third-order valence-electron chi connectivity index (χ3n) is 3.04. The van der Waals surface area contributed by atoms with Gasteiger partial charge in [0.1, 0.15) is 6.33 Å². The number of aromatic nitrogens is 2. The Morgan fingerprint density at radius 3 is 3.15 bits per heavy atom. The van der Waals surface area contributed by atoms with Crippen LogP contribution in [0.3, 0.4) is 0 Å². The van der Waals surface area contributed by atoms with E-state index in [9.17, 15) is 0 Å². The Labute approximate surface area is 118 Å². The first-order valence-corrected chi connectivity index (χ1v) is 6.69. The number of nitriles is 1. The fraction of sp³-hybridized carbons (Fsp3) is 0.615. The summed E-state index contributed by atoms with van der Waals surface area (Å²) >= 11 is 0. The number of nitrogens with zero attached hydrogens (tertiary/aromatic N) is 4. The van der Waals surface area contributed by atoms with E-state index in [-0.39, 0.29) is 0 Å². The summed E-state index contributed by atoms with van der Waals surface area (Å²) < 4.78 is 10.8. The van der Waals surface area contributed by atoms with Crippen molar-refractivity contribution in [2.24, 2.45) is 0 Å². The average Bonchev–Trinajstić information content (AvgIpc) is 2.52. The van der Waals surface area contributed by atoms with Crippen LogP contribution in [0.5, 0.6) is 5.75 Å². The molecule has 7 nitrogen and oxygen atoms in total. The molecule has 1 aromatic heterocycles. The van der Waals surface area contributed by atoms with Crippen molar-refractivity contribution < 1.29 is 9.47 Å². The van der Waals surface area contributed by atoms with Crippen LogP contribution in [0.25, 0.3) is 0 Å². The molecule has 108 valence electrons. The monoisotopic (exact) mass is 277 g/mol. The number of nitrogens with one attached hydrogen (secondary N) is 1. The third kappa shape index (κ3) is 3.08. The molecule has 1 unspecified atom stereocenters. The molecular formula is C13H19N5O2. The molecule has 0 saturated carbocycles. The maximum Gasteiger partial charge on any atom is 0.204 e. The second kappa shape index (κ2) is 6.91. The van der Waals surface area contributed by atoms with Crippen molar-refractivity contribution in [1.29, 1.82) is 5.26 Å². The number of rotatable bonds is 5. The number of hydrogen-bond donors (Lipinski definition) is 1. The van der Waals surface area contributed by atoms with Crippen LogP contribution in [0.4, 0.5) is 11.6 Å². The van der Waals surface area contributed by atoms with E-state index in [2.05, 4.69) is 28.3 Å². The summed E-state index contributed by atoms with van der Waals surface area (Å²) in [4.78, 5) is 10.5. The fourth-order valence-electron chi connectivity index (χ4n) is 2.07. The van der Waals surface area contributed by atoms with E-state index in [0.717, 1.165) is 13.0 Å². The minimum absolute atomic E-state index is 0.435. The number of morpholine rings is 1. The molecule has 7 heteroatoms. The minimum Gasteiger partial charge on any atom is -0.490 e. The molecule has 1 aliphatic heterocycles. The highest BCUT2D eigenvalue weighted by Gasteiger charge is 2.25. The van der Waals surface area contributed by atoms with Gasteiger partial charge in [0, 0.05) is 13.1 Å². The van der Waals surface area contributed by atoms with Crippen molar-refractivity contribution in [2.75, 3.05) is 43.6 Å². The van der Waals surface area contributed by atoms with Gasteiger partial charge in [-0.25, -0.2) is 9.97 Å². The van der Waals surface area contributed by atoms with E-state index >= 15 is 0 Å². The quantitative estimate of drug-likeness (QED) is 0.860. The lowest BCUT2D eigenvalue weighted by molar-refractivity contribution is 0.0759. The smallest absolute Gasteiger partial charge is 0.204 e. The van der Waals surface area contributed by atoms with Crippen LogP contribution in [0.1, 0.15) is 13.3 Å². The Kier molecular flexibility index (Phi) is 4.96. The van der Waals surface area contributed by atoms with Crippen LogP contribution in [0, 0.1) is 11.3 Å². The Hall–Kier alpha value is -2.07. The second-order valence-corrected chi connectivity index (χ2v) is 4.44. The highest BCUT2D eigenvalue weighted by atomic mass is 16.5. The van der Waals surface area contributed by atoms with Crippen LogP contribution in [0.2, 0.25) is 0 Å². The molecule has 0 spiro atoms. The van der Waals surface area contributed by atoms with Crippen LogP contribution < -0.4 is 15.0 Å². The molecule has 1 atom stereocenters. The number of ether oxygens (including phenoxy) is 2. The zero-order valence-corrected chi connectivity index (χ0v) is 11.8. The molecule has 2 rings (SSSR count). The topological polar surface area (TPSA) is 83.3 Å². The molecule has 1 N–H and O–H groups in total. The number of methoxy groups -OCH3 is 1. The molecule has 0 bridgehead atoms. The van der Waals surface area contributed by atoms with Crippen molar-refractivity contribution in [3.8, 4) is 11.8 Å². The minimum atomic E-state index is -0.435. The first-order chi connectivity index (χ1) is 9.80. The largest absolute Gasteiger partial charge is 0.490 e. The van der Waals surface area contributed by atoms with Crippen molar-refractivity contribution >= 4 is 11.6 Å². The van der Waals surface area contributed by atoms with E-state index in [4.69, 9.17) is 14.7 Å². The standard InChI is InChI=1S/C13H19N5O2/c1-3-4-15-12-11(19-2)13(17-9-16-12)18-5-6-20-10(7-14)8-18/h9-10H,3-6,8H2,1-2H3,(H,15,16,17). The van der Waals surface area contributed by atoms with Gasteiger partial charge in [-0.05, 0) is 6.42 Å². The van der Waals surface area contributed by atoms with E-state index in [1.54, 1.807) is 7.11 Å². The van der Waals surface area contributed by atoms with E-state index in [1.165, 1.54) is 6.33 Å². The number of hydrogen-bond acceptors (Lipinski definition) is 7. The summed E-state index contributed by atoms with van der Waals surface area (Å²) in [5, 5.41) is 12.2. The summed E-state index contributed by atoms with van der Waals surface area (Å²) in [6, 6.07) is 2.13. The summed E-state index contributed by atoms with van der Waals surface area (Å²) in [6.45, 7) is 4.57. The predicted octanol–water partition coefficient (Wildman–Crippen LogP) is 1.04.